The van der Waals surface area contributed by atoms with Crippen LogP contribution in [0.3, 0.4) is 0 Å². The molecule has 1 N–H and O–H groups in total. The third-order valence-corrected chi connectivity index (χ3v) is 1.64. The van der Waals surface area contributed by atoms with Crippen molar-refractivity contribution in [3.63, 3.8) is 0 Å². The van der Waals surface area contributed by atoms with Crippen LogP contribution in [-0.4, -0.2) is 24.8 Å². The first-order valence-corrected chi connectivity index (χ1v) is 4.93. The zero-order chi connectivity index (χ0) is 10.3. The third kappa shape index (κ3) is 9.57. The Hall–Kier alpha value is -0.340. The normalized spacial score (nSPS) is 14.2. The molecule has 0 aliphatic rings. The Morgan fingerprint density at radius 2 is 2.08 bits per heavy atom. The van der Waals surface area contributed by atoms with E-state index in [4.69, 9.17) is 4.74 Å². The lowest BCUT2D eigenvalue weighted by Crippen LogP contribution is -2.40. The number of ether oxygens (including phenoxy) is 1. The van der Waals surface area contributed by atoms with Crippen LogP contribution in [0.4, 0.5) is 0 Å². The quantitative estimate of drug-likeness (QED) is 0.506. The Balaban J connectivity index is 3.40. The lowest BCUT2D eigenvalue weighted by atomic mass is 10.1. The molecule has 0 bridgehead atoms. The minimum atomic E-state index is 0.177. The van der Waals surface area contributed by atoms with Crippen LogP contribution in [0.25, 0.3) is 0 Å². The largest absolute Gasteiger partial charge is 0.377 e. The van der Waals surface area contributed by atoms with Crippen LogP contribution in [0.2, 0.25) is 0 Å². The first kappa shape index (κ1) is 12.7. The highest BCUT2D eigenvalue weighted by Crippen LogP contribution is 2.00. The molecule has 0 aliphatic carbocycles. The smallest absolute Gasteiger partial charge is 0.0671 e. The average Bonchev–Trinajstić information content (AvgIpc) is 2.00. The lowest BCUT2D eigenvalue weighted by Gasteiger charge is -2.23. The maximum absolute atomic E-state index is 5.54. The molecule has 0 fully saturated rings. The fourth-order valence-corrected chi connectivity index (χ4v) is 0.861. The van der Waals surface area contributed by atoms with Gasteiger partial charge in [-0.05, 0) is 34.1 Å². The second-order valence-electron chi connectivity index (χ2n) is 4.39. The van der Waals surface area contributed by atoms with Gasteiger partial charge in [-0.2, -0.15) is 0 Å². The SMILES string of the molecule is C=CCCOC(C)CNC(C)(C)C. The number of nitrogens with one attached hydrogen (secondary N) is 1. The molecule has 0 rings (SSSR count). The molecule has 0 spiro atoms. The van der Waals surface area contributed by atoms with Crippen LogP contribution in [-0.2, 0) is 4.74 Å². The molecule has 13 heavy (non-hydrogen) atoms. The lowest BCUT2D eigenvalue weighted by molar-refractivity contribution is 0.0649. The van der Waals surface area contributed by atoms with Crippen molar-refractivity contribution >= 4 is 0 Å². The van der Waals surface area contributed by atoms with Crippen molar-refractivity contribution in [3.05, 3.63) is 12.7 Å². The van der Waals surface area contributed by atoms with E-state index in [1.165, 1.54) is 0 Å². The molecule has 78 valence electrons. The highest BCUT2D eigenvalue weighted by Gasteiger charge is 2.10. The summed E-state index contributed by atoms with van der Waals surface area (Å²) in [5.74, 6) is 0. The topological polar surface area (TPSA) is 21.3 Å². The zero-order valence-corrected chi connectivity index (χ0v) is 9.39. The van der Waals surface area contributed by atoms with Crippen molar-refractivity contribution in [2.45, 2.75) is 45.8 Å². The zero-order valence-electron chi connectivity index (χ0n) is 9.39. The van der Waals surface area contributed by atoms with Crippen molar-refractivity contribution in [2.24, 2.45) is 0 Å². The maximum atomic E-state index is 5.54. The summed E-state index contributed by atoms with van der Waals surface area (Å²) < 4.78 is 5.54. The van der Waals surface area contributed by atoms with Gasteiger partial charge in [0.15, 0.2) is 0 Å². The monoisotopic (exact) mass is 185 g/mol. The van der Waals surface area contributed by atoms with Crippen LogP contribution in [0.5, 0.6) is 0 Å². The van der Waals surface area contributed by atoms with Gasteiger partial charge in [-0.25, -0.2) is 0 Å². The maximum Gasteiger partial charge on any atom is 0.0671 e. The highest BCUT2D eigenvalue weighted by atomic mass is 16.5. The molecule has 2 nitrogen and oxygen atoms in total. The van der Waals surface area contributed by atoms with Gasteiger partial charge in [0.1, 0.15) is 0 Å². The molecule has 0 amide bonds. The predicted octanol–water partition coefficient (Wildman–Crippen LogP) is 2.36. The fraction of sp³-hybridized carbons (Fsp3) is 0.818. The van der Waals surface area contributed by atoms with Gasteiger partial charge < -0.3 is 10.1 Å². The van der Waals surface area contributed by atoms with Crippen molar-refractivity contribution in [2.75, 3.05) is 13.2 Å². The van der Waals surface area contributed by atoms with Gasteiger partial charge in [-0.3, -0.25) is 0 Å². The molecule has 0 aromatic rings. The van der Waals surface area contributed by atoms with E-state index in [1.54, 1.807) is 0 Å². The molecule has 0 aliphatic heterocycles. The molecule has 0 saturated heterocycles. The summed E-state index contributed by atoms with van der Waals surface area (Å²) in [6, 6.07) is 0. The highest BCUT2D eigenvalue weighted by molar-refractivity contribution is 4.72. The minimum Gasteiger partial charge on any atom is -0.377 e. The van der Waals surface area contributed by atoms with Crippen LogP contribution in [0, 0.1) is 0 Å². The van der Waals surface area contributed by atoms with E-state index < -0.39 is 0 Å². The molecule has 0 aromatic carbocycles. The van der Waals surface area contributed by atoms with Crippen LogP contribution in [0.1, 0.15) is 34.1 Å². The second-order valence-corrected chi connectivity index (χ2v) is 4.39. The van der Waals surface area contributed by atoms with Gasteiger partial charge in [0.2, 0.25) is 0 Å². The Labute approximate surface area is 82.4 Å². The predicted molar refractivity (Wildman–Crippen MR) is 58.0 cm³/mol. The van der Waals surface area contributed by atoms with E-state index in [9.17, 15) is 0 Å². The summed E-state index contributed by atoms with van der Waals surface area (Å²) in [4.78, 5) is 0. The first-order chi connectivity index (χ1) is 5.95. The van der Waals surface area contributed by atoms with E-state index >= 15 is 0 Å². The third-order valence-electron chi connectivity index (χ3n) is 1.64. The average molecular weight is 185 g/mol. The Bertz CT molecular complexity index is 138. The summed E-state index contributed by atoms with van der Waals surface area (Å²) in [6.45, 7) is 13.9. The number of rotatable bonds is 6. The molecule has 0 saturated carbocycles. The summed E-state index contributed by atoms with van der Waals surface area (Å²) in [5, 5.41) is 3.40. The van der Waals surface area contributed by atoms with Crippen LogP contribution >= 0.6 is 0 Å². The molecular formula is C11H23NO. The summed E-state index contributed by atoms with van der Waals surface area (Å²) >= 11 is 0. The summed E-state index contributed by atoms with van der Waals surface area (Å²) in [7, 11) is 0. The van der Waals surface area contributed by atoms with Crippen molar-refractivity contribution in [3.8, 4) is 0 Å². The van der Waals surface area contributed by atoms with Crippen LogP contribution in [0.15, 0.2) is 12.7 Å². The minimum absolute atomic E-state index is 0.177. The number of hydrogen-bond acceptors (Lipinski definition) is 2. The number of hydrogen-bond donors (Lipinski definition) is 1. The molecule has 0 radical (unpaired) electrons. The molecular weight excluding hydrogens is 162 g/mol. The molecule has 0 aromatic heterocycles. The molecule has 1 unspecified atom stereocenters. The van der Waals surface area contributed by atoms with Gasteiger partial charge >= 0.3 is 0 Å². The van der Waals surface area contributed by atoms with E-state index in [0.29, 0.717) is 0 Å². The van der Waals surface area contributed by atoms with E-state index in [2.05, 4.69) is 39.6 Å². The Morgan fingerprint density at radius 1 is 1.46 bits per heavy atom. The standard InChI is InChI=1S/C11H23NO/c1-6-7-8-13-10(2)9-12-11(3,4)5/h6,10,12H,1,7-9H2,2-5H3. The van der Waals surface area contributed by atoms with Gasteiger partial charge in [0.05, 0.1) is 12.7 Å². The molecule has 0 heterocycles. The van der Waals surface area contributed by atoms with Crippen molar-refractivity contribution in [1.29, 1.82) is 0 Å². The van der Waals surface area contributed by atoms with Gasteiger partial charge in [0.25, 0.3) is 0 Å². The Morgan fingerprint density at radius 3 is 2.54 bits per heavy atom. The first-order valence-electron chi connectivity index (χ1n) is 4.93. The fourth-order valence-electron chi connectivity index (χ4n) is 0.861. The second kappa shape index (κ2) is 6.17. The van der Waals surface area contributed by atoms with Crippen molar-refractivity contribution < 1.29 is 4.74 Å². The van der Waals surface area contributed by atoms with E-state index in [1.807, 2.05) is 6.08 Å². The van der Waals surface area contributed by atoms with Crippen LogP contribution < -0.4 is 5.32 Å². The van der Waals surface area contributed by atoms with E-state index in [-0.39, 0.29) is 11.6 Å². The summed E-state index contributed by atoms with van der Waals surface area (Å²) in [5.41, 5.74) is 0.177. The Kier molecular flexibility index (Phi) is 6.00. The molecule has 2 heteroatoms. The van der Waals surface area contributed by atoms with Gasteiger partial charge in [-0.15, -0.1) is 6.58 Å². The summed E-state index contributed by atoms with van der Waals surface area (Å²) in [6.07, 6.45) is 3.09. The van der Waals surface area contributed by atoms with Gasteiger partial charge in [-0.1, -0.05) is 6.08 Å². The van der Waals surface area contributed by atoms with Gasteiger partial charge in [0, 0.05) is 12.1 Å². The van der Waals surface area contributed by atoms with Crippen molar-refractivity contribution in [1.82, 2.24) is 5.32 Å². The van der Waals surface area contributed by atoms with E-state index in [0.717, 1.165) is 19.6 Å². The molecule has 1 atom stereocenters.